The zero-order valence-corrected chi connectivity index (χ0v) is 18.6. The van der Waals surface area contributed by atoms with Gasteiger partial charge in [0.2, 0.25) is 6.54 Å². The quantitative estimate of drug-likeness (QED) is 0.262. The van der Waals surface area contributed by atoms with E-state index in [0.717, 1.165) is 17.0 Å². The molecule has 10 heteroatoms. The number of nitrogens with zero attached hydrogens (tertiary/aromatic N) is 4. The van der Waals surface area contributed by atoms with Crippen LogP contribution in [-0.4, -0.2) is 47.1 Å². The van der Waals surface area contributed by atoms with Crippen molar-refractivity contribution >= 4 is 11.8 Å². The number of aromatic nitrogens is 3. The van der Waals surface area contributed by atoms with E-state index in [2.05, 4.69) is 10.2 Å². The lowest BCUT2D eigenvalue weighted by Gasteiger charge is -2.16. The van der Waals surface area contributed by atoms with Gasteiger partial charge in [0, 0.05) is 10.6 Å². The summed E-state index contributed by atoms with van der Waals surface area (Å²) in [4.78, 5) is 11.1. The average Bonchev–Trinajstić information content (AvgIpc) is 3.13. The molecule has 0 N–H and O–H groups in total. The molecule has 0 spiro atoms. The number of hydrogen-bond acceptors (Lipinski definition) is 8. The summed E-state index contributed by atoms with van der Waals surface area (Å²) in [5.74, 6) is 2.52. The molecule has 1 heterocycles. The van der Waals surface area contributed by atoms with E-state index in [1.165, 1.54) is 18.9 Å². The second-order valence-electron chi connectivity index (χ2n) is 6.53. The molecule has 164 valence electrons. The average molecular weight is 445 g/mol. The molecule has 0 bridgehead atoms. The van der Waals surface area contributed by atoms with Crippen LogP contribution in [0.2, 0.25) is 0 Å². The van der Waals surface area contributed by atoms with E-state index < -0.39 is 5.25 Å². The van der Waals surface area contributed by atoms with E-state index in [9.17, 15) is 10.1 Å². The van der Waals surface area contributed by atoms with Crippen molar-refractivity contribution < 1.29 is 19.1 Å². The fraction of sp³-hybridized carbons (Fsp3) is 0.333. The van der Waals surface area contributed by atoms with E-state index in [1.54, 1.807) is 25.3 Å². The second kappa shape index (κ2) is 10.2. The van der Waals surface area contributed by atoms with Crippen LogP contribution in [0, 0.1) is 17.0 Å². The predicted molar refractivity (Wildman–Crippen MR) is 117 cm³/mol. The van der Waals surface area contributed by atoms with Crippen LogP contribution in [0.5, 0.6) is 17.2 Å². The van der Waals surface area contributed by atoms with Crippen molar-refractivity contribution in [1.82, 2.24) is 14.8 Å². The lowest BCUT2D eigenvalue weighted by molar-refractivity contribution is -0.479. The number of hydrogen-bond donors (Lipinski definition) is 0. The first-order valence-electron chi connectivity index (χ1n) is 9.62. The van der Waals surface area contributed by atoms with Crippen LogP contribution in [0.3, 0.4) is 0 Å². The number of aryl methyl sites for hydroxylation is 1. The molecule has 9 nitrogen and oxygen atoms in total. The molecule has 0 saturated carbocycles. The van der Waals surface area contributed by atoms with Crippen LogP contribution >= 0.6 is 11.8 Å². The van der Waals surface area contributed by atoms with Gasteiger partial charge in [0.05, 0.1) is 20.8 Å². The lowest BCUT2D eigenvalue weighted by atomic mass is 10.1. The molecule has 0 aliphatic carbocycles. The molecule has 1 aromatic heterocycles. The zero-order valence-electron chi connectivity index (χ0n) is 17.8. The van der Waals surface area contributed by atoms with Gasteiger partial charge in [-0.2, -0.15) is 0 Å². The second-order valence-corrected chi connectivity index (χ2v) is 7.70. The molecule has 31 heavy (non-hydrogen) atoms. The SMILES string of the molecule is CCOc1ccc(-n2c(C)nnc2S[C@H](C[N+](=O)[O-])c2ccc(OC)c(OC)c2)cc1. The van der Waals surface area contributed by atoms with E-state index >= 15 is 0 Å². The summed E-state index contributed by atoms with van der Waals surface area (Å²) in [6.45, 7) is 4.07. The van der Waals surface area contributed by atoms with E-state index in [-0.39, 0.29) is 11.5 Å². The Balaban J connectivity index is 1.95. The Morgan fingerprint density at radius 1 is 1.10 bits per heavy atom. The van der Waals surface area contributed by atoms with Gasteiger partial charge in [0.1, 0.15) is 16.8 Å². The van der Waals surface area contributed by atoms with Crippen molar-refractivity contribution in [2.24, 2.45) is 0 Å². The summed E-state index contributed by atoms with van der Waals surface area (Å²) in [5, 5.41) is 19.9. The van der Waals surface area contributed by atoms with Crippen LogP contribution in [0.25, 0.3) is 5.69 Å². The van der Waals surface area contributed by atoms with Gasteiger partial charge in [-0.3, -0.25) is 14.7 Å². The summed E-state index contributed by atoms with van der Waals surface area (Å²) in [6.07, 6.45) is 0. The van der Waals surface area contributed by atoms with Gasteiger partial charge in [-0.05, 0) is 55.8 Å². The summed E-state index contributed by atoms with van der Waals surface area (Å²) < 4.78 is 18.0. The highest BCUT2D eigenvalue weighted by Crippen LogP contribution is 2.39. The Hall–Kier alpha value is -3.27. The fourth-order valence-electron chi connectivity index (χ4n) is 3.10. The van der Waals surface area contributed by atoms with Gasteiger partial charge in [-0.1, -0.05) is 17.8 Å². The van der Waals surface area contributed by atoms with Gasteiger partial charge >= 0.3 is 0 Å². The number of rotatable bonds is 10. The topological polar surface area (TPSA) is 102 Å². The third kappa shape index (κ3) is 5.26. The molecule has 0 unspecified atom stereocenters. The first-order valence-corrected chi connectivity index (χ1v) is 10.5. The fourth-order valence-corrected chi connectivity index (χ4v) is 4.27. The van der Waals surface area contributed by atoms with E-state index in [4.69, 9.17) is 14.2 Å². The monoisotopic (exact) mass is 444 g/mol. The first-order chi connectivity index (χ1) is 15.0. The Kier molecular flexibility index (Phi) is 7.35. The minimum absolute atomic E-state index is 0.282. The first kappa shape index (κ1) is 22.4. The molecule has 0 fully saturated rings. The number of nitro groups is 1. The van der Waals surface area contributed by atoms with Crippen LogP contribution < -0.4 is 14.2 Å². The highest BCUT2D eigenvalue weighted by Gasteiger charge is 2.25. The van der Waals surface area contributed by atoms with E-state index in [1.807, 2.05) is 42.7 Å². The van der Waals surface area contributed by atoms with Crippen LogP contribution in [0.15, 0.2) is 47.6 Å². The number of benzene rings is 2. The lowest BCUT2D eigenvalue weighted by Crippen LogP contribution is -2.11. The molecule has 3 aromatic rings. The molecule has 1 atom stereocenters. The Labute approximate surface area is 184 Å². The molecule has 0 radical (unpaired) electrons. The van der Waals surface area contributed by atoms with Crippen molar-refractivity contribution in [3.63, 3.8) is 0 Å². The maximum absolute atomic E-state index is 11.4. The Morgan fingerprint density at radius 3 is 2.42 bits per heavy atom. The summed E-state index contributed by atoms with van der Waals surface area (Å²) in [7, 11) is 3.08. The van der Waals surface area contributed by atoms with Crippen LogP contribution in [-0.2, 0) is 0 Å². The normalized spacial score (nSPS) is 11.7. The van der Waals surface area contributed by atoms with Crippen molar-refractivity contribution in [1.29, 1.82) is 0 Å². The number of ether oxygens (including phenoxy) is 3. The summed E-state index contributed by atoms with van der Waals surface area (Å²) in [6, 6.07) is 12.8. The zero-order chi connectivity index (χ0) is 22.4. The third-order valence-electron chi connectivity index (χ3n) is 4.54. The third-order valence-corrected chi connectivity index (χ3v) is 5.72. The van der Waals surface area contributed by atoms with Gasteiger partial charge in [-0.25, -0.2) is 0 Å². The minimum Gasteiger partial charge on any atom is -0.494 e. The van der Waals surface area contributed by atoms with Crippen molar-refractivity contribution in [3.8, 4) is 22.9 Å². The molecule has 3 rings (SSSR count). The highest BCUT2D eigenvalue weighted by molar-refractivity contribution is 7.99. The largest absolute Gasteiger partial charge is 0.494 e. The van der Waals surface area contributed by atoms with E-state index in [0.29, 0.717) is 29.1 Å². The van der Waals surface area contributed by atoms with Gasteiger partial charge in [-0.15, -0.1) is 10.2 Å². The molecule has 0 aliphatic heterocycles. The maximum atomic E-state index is 11.4. The smallest absolute Gasteiger partial charge is 0.220 e. The molecular weight excluding hydrogens is 420 g/mol. The van der Waals surface area contributed by atoms with Gasteiger partial charge in [0.25, 0.3) is 0 Å². The maximum Gasteiger partial charge on any atom is 0.220 e. The highest BCUT2D eigenvalue weighted by atomic mass is 32.2. The predicted octanol–water partition coefficient (Wildman–Crippen LogP) is 4.10. The van der Waals surface area contributed by atoms with Crippen molar-refractivity contribution in [3.05, 3.63) is 64.0 Å². The Morgan fingerprint density at radius 2 is 1.81 bits per heavy atom. The summed E-state index contributed by atoms with van der Waals surface area (Å²) in [5.41, 5.74) is 1.58. The van der Waals surface area contributed by atoms with Crippen LogP contribution in [0.1, 0.15) is 23.6 Å². The van der Waals surface area contributed by atoms with Crippen molar-refractivity contribution in [2.75, 3.05) is 27.4 Å². The van der Waals surface area contributed by atoms with Crippen molar-refractivity contribution in [2.45, 2.75) is 24.3 Å². The molecule has 0 amide bonds. The molecule has 0 saturated heterocycles. The Bertz CT molecular complexity index is 1040. The van der Waals surface area contributed by atoms with Gasteiger partial charge in [0.15, 0.2) is 16.7 Å². The minimum atomic E-state index is -0.500. The number of thioether (sulfide) groups is 1. The molecular formula is C21H24N4O5S. The molecule has 2 aromatic carbocycles. The number of methoxy groups -OCH3 is 2. The standard InChI is InChI=1S/C21H24N4O5S/c1-5-30-17-9-7-16(8-10-17)25-14(2)22-23-21(25)31-20(13-24(26)27)15-6-11-18(28-3)19(12-15)29-4/h6-12,20H,5,13H2,1-4H3/t20-/m1/s1. The molecule has 0 aliphatic rings. The van der Waals surface area contributed by atoms with Crippen LogP contribution in [0.4, 0.5) is 0 Å². The summed E-state index contributed by atoms with van der Waals surface area (Å²) >= 11 is 1.28. The van der Waals surface area contributed by atoms with Gasteiger partial charge < -0.3 is 14.2 Å².